The predicted molar refractivity (Wildman–Crippen MR) is 34.5 cm³/mol. The minimum Gasteiger partial charge on any atom is -0.365 e. The first kappa shape index (κ1) is 7.26. The molecule has 44 valence electrons. The van der Waals surface area contributed by atoms with Gasteiger partial charge in [0.2, 0.25) is 0 Å². The molecule has 8 heavy (non-hydrogen) atoms. The number of allylic oxidation sites excluding steroid dienone is 1. The molecule has 0 aromatic heterocycles. The van der Waals surface area contributed by atoms with E-state index in [4.69, 9.17) is 11.2 Å². The maximum atomic E-state index is 4.91. The Morgan fingerprint density at radius 3 is 3.00 bits per heavy atom. The van der Waals surface area contributed by atoms with Crippen molar-refractivity contribution in [3.63, 3.8) is 0 Å². The minimum atomic E-state index is 0.407. The van der Waals surface area contributed by atoms with Gasteiger partial charge in [-0.2, -0.15) is 0 Å². The van der Waals surface area contributed by atoms with E-state index in [-0.39, 0.29) is 0 Å². The van der Waals surface area contributed by atoms with E-state index in [0.717, 1.165) is 0 Å². The van der Waals surface area contributed by atoms with Gasteiger partial charge in [0.05, 0.1) is 6.61 Å². The van der Waals surface area contributed by atoms with Crippen molar-refractivity contribution >= 4 is 0 Å². The van der Waals surface area contributed by atoms with Crippen molar-refractivity contribution in [1.82, 2.24) is 0 Å². The summed E-state index contributed by atoms with van der Waals surface area (Å²) in [6.45, 7) is 2.98. The topological polar surface area (TPSA) is 9.23 Å². The Kier molecular flexibility index (Phi) is 5.68. The lowest BCUT2D eigenvalue weighted by Crippen LogP contribution is -1.89. The van der Waals surface area contributed by atoms with Gasteiger partial charge in [-0.05, 0) is 6.92 Å². The Morgan fingerprint density at radius 1 is 1.75 bits per heavy atom. The maximum absolute atomic E-state index is 4.91. The fourth-order valence-corrected chi connectivity index (χ4v) is 0.282. The molecule has 0 amide bonds. The Bertz CT molecular complexity index is 97.4. The molecular formula is C7H10O. The van der Waals surface area contributed by atoms with Crippen LogP contribution in [0.5, 0.6) is 0 Å². The number of hydrogen-bond donors (Lipinski definition) is 0. The zero-order valence-electron chi connectivity index (χ0n) is 5.05. The van der Waals surface area contributed by atoms with E-state index < -0.39 is 0 Å². The van der Waals surface area contributed by atoms with Gasteiger partial charge in [0.1, 0.15) is 6.61 Å². The predicted octanol–water partition coefficient (Wildman–Crippen LogP) is 1.21. The fraction of sp³-hybridized carbons (Fsp3) is 0.429. The summed E-state index contributed by atoms with van der Waals surface area (Å²) in [5.41, 5.74) is 0. The summed E-state index contributed by atoms with van der Waals surface area (Å²) in [5.74, 6) is 2.37. The zero-order valence-corrected chi connectivity index (χ0v) is 5.05. The number of hydrogen-bond acceptors (Lipinski definition) is 1. The molecular weight excluding hydrogens is 100 g/mol. The van der Waals surface area contributed by atoms with Gasteiger partial charge in [0.25, 0.3) is 0 Å². The first-order valence-electron chi connectivity index (χ1n) is 2.54. The van der Waals surface area contributed by atoms with Crippen LogP contribution in [0.15, 0.2) is 12.2 Å². The third-order valence-corrected chi connectivity index (χ3v) is 0.635. The van der Waals surface area contributed by atoms with Crippen molar-refractivity contribution in [3.05, 3.63) is 12.2 Å². The van der Waals surface area contributed by atoms with Crippen LogP contribution in [0.3, 0.4) is 0 Å². The fourth-order valence-electron chi connectivity index (χ4n) is 0.282. The van der Waals surface area contributed by atoms with E-state index in [2.05, 4.69) is 5.92 Å². The molecule has 0 unspecified atom stereocenters. The van der Waals surface area contributed by atoms with Crippen LogP contribution in [0.2, 0.25) is 0 Å². The standard InChI is InChI=1S/C7H10O/c1-3-5-7-8-6-4-2/h2-3,5H,6-7H2,1H3/b5-3+. The van der Waals surface area contributed by atoms with Crippen LogP contribution >= 0.6 is 0 Å². The van der Waals surface area contributed by atoms with E-state index >= 15 is 0 Å². The van der Waals surface area contributed by atoms with Crippen molar-refractivity contribution in [2.75, 3.05) is 13.2 Å². The van der Waals surface area contributed by atoms with Crippen molar-refractivity contribution < 1.29 is 4.74 Å². The second-order valence-electron chi connectivity index (χ2n) is 1.29. The van der Waals surface area contributed by atoms with Crippen LogP contribution < -0.4 is 0 Å². The van der Waals surface area contributed by atoms with Crippen LogP contribution in [0.4, 0.5) is 0 Å². The van der Waals surface area contributed by atoms with Gasteiger partial charge in [-0.25, -0.2) is 0 Å². The summed E-state index contributed by atoms with van der Waals surface area (Å²) in [7, 11) is 0. The summed E-state index contributed by atoms with van der Waals surface area (Å²) in [6, 6.07) is 0. The summed E-state index contributed by atoms with van der Waals surface area (Å²) >= 11 is 0. The molecule has 0 aromatic rings. The lowest BCUT2D eigenvalue weighted by atomic mass is 10.5. The summed E-state index contributed by atoms with van der Waals surface area (Å²) in [4.78, 5) is 0. The summed E-state index contributed by atoms with van der Waals surface area (Å²) in [5, 5.41) is 0. The highest BCUT2D eigenvalue weighted by Crippen LogP contribution is 1.74. The molecule has 0 aliphatic heterocycles. The molecule has 0 bridgehead atoms. The van der Waals surface area contributed by atoms with Gasteiger partial charge in [0.15, 0.2) is 0 Å². The van der Waals surface area contributed by atoms with E-state index in [9.17, 15) is 0 Å². The maximum Gasteiger partial charge on any atom is 0.107 e. The highest BCUT2D eigenvalue weighted by atomic mass is 16.5. The van der Waals surface area contributed by atoms with Crippen molar-refractivity contribution in [1.29, 1.82) is 0 Å². The third-order valence-electron chi connectivity index (χ3n) is 0.635. The largest absolute Gasteiger partial charge is 0.365 e. The first-order chi connectivity index (χ1) is 3.91. The molecule has 0 atom stereocenters. The smallest absolute Gasteiger partial charge is 0.107 e. The lowest BCUT2D eigenvalue weighted by molar-refractivity contribution is 0.199. The van der Waals surface area contributed by atoms with Gasteiger partial charge in [-0.15, -0.1) is 6.42 Å². The van der Waals surface area contributed by atoms with E-state index in [1.165, 1.54) is 0 Å². The second-order valence-corrected chi connectivity index (χ2v) is 1.29. The van der Waals surface area contributed by atoms with Crippen LogP contribution in [0, 0.1) is 12.3 Å². The van der Waals surface area contributed by atoms with Gasteiger partial charge in [0, 0.05) is 0 Å². The van der Waals surface area contributed by atoms with E-state index in [0.29, 0.717) is 13.2 Å². The van der Waals surface area contributed by atoms with Crippen LogP contribution in [-0.2, 0) is 4.74 Å². The number of rotatable bonds is 3. The zero-order chi connectivity index (χ0) is 6.24. The molecule has 0 heterocycles. The van der Waals surface area contributed by atoms with Crippen molar-refractivity contribution in [2.24, 2.45) is 0 Å². The normalized spacial score (nSPS) is 9.50. The molecule has 1 nitrogen and oxygen atoms in total. The van der Waals surface area contributed by atoms with Crippen molar-refractivity contribution in [2.45, 2.75) is 6.92 Å². The molecule has 0 fully saturated rings. The molecule has 0 aliphatic carbocycles. The molecule has 0 spiro atoms. The first-order valence-corrected chi connectivity index (χ1v) is 2.54. The average Bonchev–Trinajstić information content (AvgIpc) is 1.81. The quantitative estimate of drug-likeness (QED) is 0.301. The summed E-state index contributed by atoms with van der Waals surface area (Å²) in [6.07, 6.45) is 8.75. The Hall–Kier alpha value is -0.740. The lowest BCUT2D eigenvalue weighted by Gasteiger charge is -1.89. The Balaban J connectivity index is 2.85. The second kappa shape index (κ2) is 6.26. The minimum absolute atomic E-state index is 0.407. The van der Waals surface area contributed by atoms with Crippen LogP contribution in [-0.4, -0.2) is 13.2 Å². The Morgan fingerprint density at radius 2 is 2.50 bits per heavy atom. The number of terminal acetylenes is 1. The molecule has 0 radical (unpaired) electrons. The SMILES string of the molecule is C#CCOC/C=C/C. The molecule has 0 aromatic carbocycles. The molecule has 1 heteroatoms. The molecule has 0 saturated carbocycles. The van der Waals surface area contributed by atoms with Crippen molar-refractivity contribution in [3.8, 4) is 12.3 Å². The molecule has 0 N–H and O–H groups in total. The van der Waals surface area contributed by atoms with Gasteiger partial charge >= 0.3 is 0 Å². The molecule has 0 aliphatic rings. The highest BCUT2D eigenvalue weighted by Gasteiger charge is 1.72. The van der Waals surface area contributed by atoms with E-state index in [1.807, 2.05) is 19.1 Å². The average molecular weight is 110 g/mol. The molecule has 0 rings (SSSR count). The molecule has 0 saturated heterocycles. The van der Waals surface area contributed by atoms with Gasteiger partial charge in [-0.3, -0.25) is 0 Å². The Labute approximate surface area is 50.4 Å². The summed E-state index contributed by atoms with van der Waals surface area (Å²) < 4.78 is 4.90. The van der Waals surface area contributed by atoms with Gasteiger partial charge < -0.3 is 4.74 Å². The van der Waals surface area contributed by atoms with E-state index in [1.54, 1.807) is 0 Å². The van der Waals surface area contributed by atoms with Crippen LogP contribution in [0.25, 0.3) is 0 Å². The van der Waals surface area contributed by atoms with Crippen LogP contribution in [0.1, 0.15) is 6.92 Å². The van der Waals surface area contributed by atoms with Gasteiger partial charge in [-0.1, -0.05) is 18.1 Å². The highest BCUT2D eigenvalue weighted by molar-refractivity contribution is 4.84. The number of ether oxygens (including phenoxy) is 1. The monoisotopic (exact) mass is 110 g/mol. The third kappa shape index (κ3) is 5.26.